The maximum Gasteiger partial charge on any atom is 0.356 e. The molecule has 0 unspecified atom stereocenters. The molecular weight excluding hydrogens is 1430 g/mol. The molecule has 0 aliphatic heterocycles. The fraction of sp³-hybridized carbons (Fsp3) is 0.278. The number of pyridine rings is 4. The maximum absolute atomic E-state index is 12.7. The van der Waals surface area contributed by atoms with Gasteiger partial charge in [0.2, 0.25) is 0 Å². The number of carboxylic acids is 8. The van der Waals surface area contributed by atoms with E-state index in [4.69, 9.17) is 30.6 Å². The second kappa shape index (κ2) is 42.8. The summed E-state index contributed by atoms with van der Waals surface area (Å²) in [7, 11) is 0. The normalized spacial score (nSPS) is 10.2. The van der Waals surface area contributed by atoms with E-state index in [0.717, 1.165) is 36.4 Å². The van der Waals surface area contributed by atoms with Gasteiger partial charge < -0.3 is 40.9 Å². The van der Waals surface area contributed by atoms with Crippen LogP contribution in [-0.2, 0) is 39.0 Å². The van der Waals surface area contributed by atoms with Crippen LogP contribution in [0.1, 0.15) is 258 Å². The van der Waals surface area contributed by atoms with Gasteiger partial charge in [0.15, 0.2) is 57.3 Å². The van der Waals surface area contributed by atoms with Crippen molar-refractivity contribution in [3.8, 4) is 0 Å². The molecular formula is C72H80N8O20Zn2. The Hall–Kier alpha value is -11.1. The van der Waals surface area contributed by atoms with Gasteiger partial charge in [-0.1, -0.05) is 147 Å². The van der Waals surface area contributed by atoms with Crippen LogP contribution in [0.25, 0.3) is 0 Å². The molecule has 102 heavy (non-hydrogen) atoms. The Morgan fingerprint density at radius 2 is 0.461 bits per heavy atom. The zero-order valence-corrected chi connectivity index (χ0v) is 65.3. The molecule has 0 saturated carbocycles. The number of aromatic nitrogens is 8. The predicted molar refractivity (Wildman–Crippen MR) is 364 cm³/mol. The molecule has 0 radical (unpaired) electrons. The standard InChI is InChI=1S/2C20H12N2O6.2C6H4N2O4.4C5H12.2Zn/c2*23-17(13-6-8-21-15(10-13)19(25)26)11-3-1-4-12(9-11)18(24)14-5-2-7-22-16(14)20(27)28;2*9-5(10)3-1-2-4(6(11)12)8-7-3;4*1-5(2,3)4;;/h2*1-10H,(H,25,26)(H,27,28);2*1-2H,(H,9,10)(H,11,12);4*1-4H3;;. The van der Waals surface area contributed by atoms with Crippen molar-refractivity contribution in [3.63, 3.8) is 0 Å². The number of hydrogen-bond donors (Lipinski definition) is 8. The number of benzene rings is 2. The topological polar surface area (TPSA) is 470 Å². The Morgan fingerprint density at radius 3 is 0.667 bits per heavy atom. The zero-order chi connectivity index (χ0) is 76.8. The second-order valence-electron chi connectivity index (χ2n) is 27.2. The van der Waals surface area contributed by atoms with Crippen LogP contribution in [-0.4, -0.2) is 152 Å². The SMILES string of the molecule is CC(C)(C)C.CC(C)(C)C.CC(C)(C)C.CC(C)(C)C.O=C(O)c1ccc(C(=O)O)nn1.O=C(O)c1ccc(C(=O)O)nn1.O=C(c1cccc(C(=O)c2cccnc2C(=O)O)c1)c1ccnc(C(=O)O)c1.O=C(c1cccc(C(=O)c2cccnc2C(=O)O)c1)c1ccnc(C(=O)O)c1.[Zn].[Zn]. The van der Waals surface area contributed by atoms with Gasteiger partial charge in [-0.2, -0.15) is 0 Å². The van der Waals surface area contributed by atoms with E-state index in [-0.39, 0.29) is 129 Å². The first-order chi connectivity index (χ1) is 46.0. The fourth-order valence-electron chi connectivity index (χ4n) is 6.26. The zero-order valence-electron chi connectivity index (χ0n) is 59.3. The molecule has 0 saturated heterocycles. The summed E-state index contributed by atoms with van der Waals surface area (Å²) in [6, 6.07) is 26.4. The Bertz CT molecular complexity index is 3850. The monoisotopic (exact) mass is 1500 g/mol. The van der Waals surface area contributed by atoms with Crippen LogP contribution in [0.3, 0.4) is 0 Å². The van der Waals surface area contributed by atoms with E-state index in [1.165, 1.54) is 110 Å². The Morgan fingerprint density at radius 1 is 0.245 bits per heavy atom. The summed E-state index contributed by atoms with van der Waals surface area (Å²) in [5, 5.41) is 82.5. The molecule has 6 heterocycles. The Kier molecular flexibility index (Phi) is 39.0. The summed E-state index contributed by atoms with van der Waals surface area (Å²) >= 11 is 0. The molecule has 0 bridgehead atoms. The molecule has 6 aromatic heterocycles. The number of carboxylic acid groups (broad SMARTS) is 8. The quantitative estimate of drug-likeness (QED) is 0.0329. The van der Waals surface area contributed by atoms with Crippen molar-refractivity contribution in [2.75, 3.05) is 0 Å². The molecule has 0 atom stereocenters. The summed E-state index contributed by atoms with van der Waals surface area (Å²) < 4.78 is 0. The van der Waals surface area contributed by atoms with Crippen molar-refractivity contribution >= 4 is 70.9 Å². The van der Waals surface area contributed by atoms with Crippen LogP contribution in [0.15, 0.2) is 146 Å². The summed E-state index contributed by atoms with van der Waals surface area (Å²) in [5.41, 5.74) is 0.0709. The third kappa shape index (κ3) is 37.7. The van der Waals surface area contributed by atoms with Gasteiger partial charge in [0.25, 0.3) is 0 Å². The molecule has 8 N–H and O–H groups in total. The van der Waals surface area contributed by atoms with Crippen LogP contribution in [0.4, 0.5) is 0 Å². The Balaban J connectivity index is 0. The molecule has 0 spiro atoms. The van der Waals surface area contributed by atoms with Gasteiger partial charge in [-0.15, -0.1) is 20.4 Å². The average molecular weight is 1510 g/mol. The van der Waals surface area contributed by atoms with Crippen LogP contribution >= 0.6 is 0 Å². The largest absolute Gasteiger partial charge is 0.477 e. The number of aromatic carboxylic acids is 8. The van der Waals surface area contributed by atoms with Crippen molar-refractivity contribution in [1.29, 1.82) is 0 Å². The number of carbonyl (C=O) groups excluding carboxylic acids is 4. The molecule has 28 nitrogen and oxygen atoms in total. The molecule has 0 fully saturated rings. The third-order valence-electron chi connectivity index (χ3n) is 9.97. The van der Waals surface area contributed by atoms with Gasteiger partial charge in [-0.05, 0) is 107 Å². The van der Waals surface area contributed by atoms with E-state index < -0.39 is 70.9 Å². The average Bonchev–Trinajstić information content (AvgIpc) is 0.817. The van der Waals surface area contributed by atoms with E-state index in [9.17, 15) is 67.7 Å². The van der Waals surface area contributed by atoms with E-state index in [2.05, 4.69) is 151 Å². The van der Waals surface area contributed by atoms with Crippen molar-refractivity contribution in [2.24, 2.45) is 21.7 Å². The number of hydrogen-bond acceptors (Lipinski definition) is 20. The number of carbonyl (C=O) groups is 12. The summed E-state index contributed by atoms with van der Waals surface area (Å²) in [6.07, 6.45) is 4.95. The molecule has 532 valence electrons. The van der Waals surface area contributed by atoms with Gasteiger partial charge in [-0.3, -0.25) is 19.2 Å². The number of rotatable bonds is 16. The maximum atomic E-state index is 12.7. The molecule has 8 rings (SSSR count). The first-order valence-electron chi connectivity index (χ1n) is 29.7. The van der Waals surface area contributed by atoms with Gasteiger partial charge in [-0.25, -0.2) is 58.3 Å². The van der Waals surface area contributed by atoms with Crippen molar-refractivity contribution in [3.05, 3.63) is 236 Å². The van der Waals surface area contributed by atoms with Crippen molar-refractivity contribution < 1.29 is 137 Å². The smallest absolute Gasteiger partial charge is 0.356 e. The van der Waals surface area contributed by atoms with E-state index in [1.807, 2.05) is 0 Å². The van der Waals surface area contributed by atoms with E-state index in [0.29, 0.717) is 21.7 Å². The molecule has 8 aromatic rings. The predicted octanol–water partition coefficient (Wildman–Crippen LogP) is 12.6. The molecule has 0 aliphatic rings. The van der Waals surface area contributed by atoms with Gasteiger partial charge in [0.1, 0.15) is 11.4 Å². The van der Waals surface area contributed by atoms with Crippen molar-refractivity contribution in [1.82, 2.24) is 40.3 Å². The van der Waals surface area contributed by atoms with E-state index >= 15 is 0 Å². The first kappa shape index (κ1) is 92.9. The van der Waals surface area contributed by atoms with Crippen LogP contribution in [0.2, 0.25) is 0 Å². The molecule has 30 heteroatoms. The minimum Gasteiger partial charge on any atom is -0.477 e. The first-order valence-corrected chi connectivity index (χ1v) is 29.7. The van der Waals surface area contributed by atoms with Crippen LogP contribution in [0, 0.1) is 21.7 Å². The molecule has 2 aromatic carbocycles. The van der Waals surface area contributed by atoms with Crippen LogP contribution < -0.4 is 0 Å². The van der Waals surface area contributed by atoms with Gasteiger partial charge >= 0.3 is 47.8 Å². The van der Waals surface area contributed by atoms with E-state index in [1.54, 1.807) is 0 Å². The summed E-state index contributed by atoms with van der Waals surface area (Å²) in [5.74, 6) is -12.3. The Labute approximate surface area is 613 Å². The third-order valence-corrected chi connectivity index (χ3v) is 9.97. The minimum absolute atomic E-state index is 0. The number of ketones is 4. The minimum atomic E-state index is -1.34. The van der Waals surface area contributed by atoms with Crippen molar-refractivity contribution in [2.45, 2.75) is 111 Å². The molecule has 0 amide bonds. The fourth-order valence-corrected chi connectivity index (χ4v) is 6.26. The van der Waals surface area contributed by atoms with Gasteiger partial charge in [0.05, 0.1) is 11.1 Å². The molecule has 0 aliphatic carbocycles. The summed E-state index contributed by atoms with van der Waals surface area (Å²) in [4.78, 5) is 151. The summed E-state index contributed by atoms with van der Waals surface area (Å²) in [6.45, 7) is 35.0. The van der Waals surface area contributed by atoms with Gasteiger partial charge in [0, 0.05) is 97.1 Å². The number of nitrogens with zero attached hydrogens (tertiary/aromatic N) is 8. The second-order valence-corrected chi connectivity index (χ2v) is 27.2. The van der Waals surface area contributed by atoms with Crippen LogP contribution in [0.5, 0.6) is 0 Å².